The summed E-state index contributed by atoms with van der Waals surface area (Å²) in [5.41, 5.74) is 2.76. The van der Waals surface area contributed by atoms with E-state index in [2.05, 4.69) is 5.10 Å². The zero-order valence-corrected chi connectivity index (χ0v) is 11.1. The van der Waals surface area contributed by atoms with Crippen molar-refractivity contribution < 1.29 is 13.9 Å². The van der Waals surface area contributed by atoms with Crippen LogP contribution < -0.4 is 0 Å². The van der Waals surface area contributed by atoms with Crippen LogP contribution in [0.25, 0.3) is 0 Å². The van der Waals surface area contributed by atoms with Crippen LogP contribution in [0.3, 0.4) is 0 Å². The van der Waals surface area contributed by atoms with Crippen molar-refractivity contribution in [2.45, 2.75) is 33.4 Å². The predicted molar refractivity (Wildman–Crippen MR) is 67.8 cm³/mol. The van der Waals surface area contributed by atoms with Gasteiger partial charge in [-0.15, -0.1) is 0 Å². The van der Waals surface area contributed by atoms with Crippen molar-refractivity contribution in [2.75, 3.05) is 0 Å². The molecule has 1 N–H and O–H groups in total. The quantitative estimate of drug-likeness (QED) is 0.927. The highest BCUT2D eigenvalue weighted by Crippen LogP contribution is 2.21. The summed E-state index contributed by atoms with van der Waals surface area (Å²) in [5.74, 6) is -1.19. The van der Waals surface area contributed by atoms with E-state index in [1.54, 1.807) is 4.68 Å². The molecule has 0 aliphatic rings. The summed E-state index contributed by atoms with van der Waals surface area (Å²) in [6.07, 6.45) is -1.13. The van der Waals surface area contributed by atoms with Gasteiger partial charge in [0.25, 0.3) is 0 Å². The average Bonchev–Trinajstić information content (AvgIpc) is 2.60. The van der Waals surface area contributed by atoms with Gasteiger partial charge in [-0.25, -0.2) is 8.78 Å². The monoisotopic (exact) mass is 266 g/mol. The van der Waals surface area contributed by atoms with Crippen molar-refractivity contribution in [1.82, 2.24) is 9.78 Å². The van der Waals surface area contributed by atoms with Crippen molar-refractivity contribution in [3.05, 3.63) is 52.3 Å². The first-order chi connectivity index (χ1) is 8.90. The van der Waals surface area contributed by atoms with Crippen LogP contribution in [0.1, 0.15) is 28.6 Å². The van der Waals surface area contributed by atoms with Gasteiger partial charge in [-0.05, 0) is 44.5 Å². The van der Waals surface area contributed by atoms with E-state index in [0.29, 0.717) is 0 Å². The lowest BCUT2D eigenvalue weighted by molar-refractivity contribution is 0.145. The topological polar surface area (TPSA) is 38.0 Å². The minimum absolute atomic E-state index is 0.0507. The molecule has 0 spiro atoms. The van der Waals surface area contributed by atoms with Crippen LogP contribution in [0.5, 0.6) is 0 Å². The predicted octanol–water partition coefficient (Wildman–Crippen LogP) is 2.82. The van der Waals surface area contributed by atoms with E-state index in [4.69, 9.17) is 0 Å². The van der Waals surface area contributed by atoms with Gasteiger partial charge < -0.3 is 5.11 Å². The fraction of sp³-hybridized carbons (Fsp3) is 0.357. The molecule has 19 heavy (non-hydrogen) atoms. The van der Waals surface area contributed by atoms with Crippen molar-refractivity contribution in [3.8, 4) is 0 Å². The number of hydrogen-bond acceptors (Lipinski definition) is 2. The largest absolute Gasteiger partial charge is 0.386 e. The Balaban J connectivity index is 2.27. The molecule has 0 saturated carbocycles. The second-order valence-corrected chi connectivity index (χ2v) is 4.66. The van der Waals surface area contributed by atoms with Gasteiger partial charge in [0, 0.05) is 11.3 Å². The van der Waals surface area contributed by atoms with E-state index in [-0.39, 0.29) is 12.1 Å². The number of nitrogens with zero attached hydrogens (tertiary/aromatic N) is 2. The first-order valence-corrected chi connectivity index (χ1v) is 6.03. The lowest BCUT2D eigenvalue weighted by atomic mass is 10.1. The lowest BCUT2D eigenvalue weighted by Crippen LogP contribution is -2.13. The van der Waals surface area contributed by atoms with E-state index in [1.165, 1.54) is 0 Å². The molecule has 1 aromatic heterocycles. The van der Waals surface area contributed by atoms with Crippen molar-refractivity contribution in [2.24, 2.45) is 0 Å². The van der Waals surface area contributed by atoms with E-state index in [1.807, 2.05) is 20.8 Å². The summed E-state index contributed by atoms with van der Waals surface area (Å²) >= 11 is 0. The SMILES string of the molecule is Cc1nn(CC(O)c2cc(F)ccc2F)c(C)c1C. The standard InChI is InChI=1S/C14H16F2N2O/c1-8-9(2)17-18(10(8)3)7-14(19)12-6-11(15)4-5-13(12)16/h4-6,14,19H,7H2,1-3H3. The summed E-state index contributed by atoms with van der Waals surface area (Å²) in [6, 6.07) is 3.05. The van der Waals surface area contributed by atoms with Crippen LogP contribution in [0.2, 0.25) is 0 Å². The van der Waals surface area contributed by atoms with Crippen LogP contribution >= 0.6 is 0 Å². The fourth-order valence-corrected chi connectivity index (χ4v) is 2.00. The lowest BCUT2D eigenvalue weighted by Gasteiger charge is -2.13. The molecule has 0 amide bonds. The molecule has 2 aromatic rings. The number of aryl methyl sites for hydroxylation is 1. The van der Waals surface area contributed by atoms with Crippen LogP contribution in [-0.2, 0) is 6.54 Å². The highest BCUT2D eigenvalue weighted by molar-refractivity contribution is 5.24. The van der Waals surface area contributed by atoms with Gasteiger partial charge in [0.05, 0.1) is 12.2 Å². The Bertz CT molecular complexity index is 608. The molecule has 5 heteroatoms. The Morgan fingerprint density at radius 2 is 1.95 bits per heavy atom. The zero-order chi connectivity index (χ0) is 14.2. The van der Waals surface area contributed by atoms with Crippen LogP contribution in [0.4, 0.5) is 8.78 Å². The number of benzene rings is 1. The van der Waals surface area contributed by atoms with Gasteiger partial charge in [-0.2, -0.15) is 5.10 Å². The van der Waals surface area contributed by atoms with E-state index in [9.17, 15) is 13.9 Å². The van der Waals surface area contributed by atoms with Gasteiger partial charge in [0.2, 0.25) is 0 Å². The van der Waals surface area contributed by atoms with Crippen molar-refractivity contribution in [1.29, 1.82) is 0 Å². The van der Waals surface area contributed by atoms with Gasteiger partial charge >= 0.3 is 0 Å². The maximum Gasteiger partial charge on any atom is 0.129 e. The van der Waals surface area contributed by atoms with Crippen molar-refractivity contribution >= 4 is 0 Å². The molecule has 0 aliphatic carbocycles. The molecule has 3 nitrogen and oxygen atoms in total. The minimum atomic E-state index is -1.13. The minimum Gasteiger partial charge on any atom is -0.386 e. The van der Waals surface area contributed by atoms with Gasteiger partial charge in [0.15, 0.2) is 0 Å². The molecule has 1 atom stereocenters. The molecule has 0 aliphatic heterocycles. The van der Waals surface area contributed by atoms with E-state index < -0.39 is 17.7 Å². The Labute approximate surface area is 110 Å². The van der Waals surface area contributed by atoms with Crippen molar-refractivity contribution in [3.63, 3.8) is 0 Å². The third-order valence-electron chi connectivity index (χ3n) is 3.41. The first-order valence-electron chi connectivity index (χ1n) is 6.03. The number of halogens is 2. The maximum atomic E-state index is 13.6. The van der Waals surface area contributed by atoms with Gasteiger partial charge in [-0.3, -0.25) is 4.68 Å². The Morgan fingerprint density at radius 1 is 1.26 bits per heavy atom. The van der Waals surface area contributed by atoms with Crippen LogP contribution in [0, 0.1) is 32.4 Å². The molecule has 2 rings (SSSR count). The maximum absolute atomic E-state index is 13.6. The molecule has 0 saturated heterocycles. The molecule has 1 heterocycles. The summed E-state index contributed by atoms with van der Waals surface area (Å²) in [7, 11) is 0. The smallest absolute Gasteiger partial charge is 0.129 e. The molecule has 0 fully saturated rings. The molecule has 1 unspecified atom stereocenters. The number of rotatable bonds is 3. The summed E-state index contributed by atoms with van der Waals surface area (Å²) in [4.78, 5) is 0. The molecule has 0 radical (unpaired) electrons. The number of hydrogen-bond donors (Lipinski definition) is 1. The number of aliphatic hydroxyl groups excluding tert-OH is 1. The number of aromatic nitrogens is 2. The second-order valence-electron chi connectivity index (χ2n) is 4.66. The van der Waals surface area contributed by atoms with Crippen LogP contribution in [0.15, 0.2) is 18.2 Å². The summed E-state index contributed by atoms with van der Waals surface area (Å²) in [5, 5.41) is 14.3. The third-order valence-corrected chi connectivity index (χ3v) is 3.41. The molecule has 0 bridgehead atoms. The molecule has 102 valence electrons. The Morgan fingerprint density at radius 3 is 2.53 bits per heavy atom. The normalized spacial score (nSPS) is 12.7. The van der Waals surface area contributed by atoms with E-state index >= 15 is 0 Å². The second kappa shape index (κ2) is 5.09. The third kappa shape index (κ3) is 2.66. The van der Waals surface area contributed by atoms with Crippen LogP contribution in [-0.4, -0.2) is 14.9 Å². The average molecular weight is 266 g/mol. The Hall–Kier alpha value is -1.75. The highest BCUT2D eigenvalue weighted by atomic mass is 19.1. The Kier molecular flexibility index (Phi) is 3.66. The van der Waals surface area contributed by atoms with Gasteiger partial charge in [-0.1, -0.05) is 0 Å². The van der Waals surface area contributed by atoms with Gasteiger partial charge in [0.1, 0.15) is 17.7 Å². The fourth-order valence-electron chi connectivity index (χ4n) is 2.00. The molecular weight excluding hydrogens is 250 g/mol. The highest BCUT2D eigenvalue weighted by Gasteiger charge is 2.17. The summed E-state index contributed by atoms with van der Waals surface area (Å²) < 4.78 is 28.3. The first kappa shape index (κ1) is 13.7. The zero-order valence-electron chi connectivity index (χ0n) is 11.1. The van der Waals surface area contributed by atoms with E-state index in [0.717, 1.165) is 35.2 Å². The summed E-state index contributed by atoms with van der Waals surface area (Å²) in [6.45, 7) is 5.78. The number of aliphatic hydroxyl groups is 1. The molecule has 1 aromatic carbocycles. The molecular formula is C14H16F2N2O.